The fourth-order valence-corrected chi connectivity index (χ4v) is 3.54. The number of thioether (sulfide) groups is 1. The molecule has 0 aromatic carbocycles. The Morgan fingerprint density at radius 3 is 2.50 bits per heavy atom. The SMILES string of the molecule is CC1SCC(C(=O)O)N1C(=O)N1CCC(N)CC1. The van der Waals surface area contributed by atoms with Crippen LogP contribution >= 0.6 is 11.8 Å². The van der Waals surface area contributed by atoms with Gasteiger partial charge in [0, 0.05) is 24.9 Å². The first-order valence-corrected chi connectivity index (χ1v) is 7.23. The van der Waals surface area contributed by atoms with Gasteiger partial charge in [0.15, 0.2) is 0 Å². The van der Waals surface area contributed by atoms with E-state index in [0.717, 1.165) is 12.8 Å². The van der Waals surface area contributed by atoms with Crippen LogP contribution in [0.15, 0.2) is 0 Å². The van der Waals surface area contributed by atoms with Gasteiger partial charge in [0.2, 0.25) is 0 Å². The molecular formula is C11H19N3O3S. The van der Waals surface area contributed by atoms with Crippen molar-refractivity contribution in [3.8, 4) is 0 Å². The fourth-order valence-electron chi connectivity index (χ4n) is 2.38. The Bertz CT molecular complexity index is 344. The minimum atomic E-state index is -0.922. The summed E-state index contributed by atoms with van der Waals surface area (Å²) >= 11 is 1.51. The molecule has 0 radical (unpaired) electrons. The summed E-state index contributed by atoms with van der Waals surface area (Å²) in [6, 6.07) is -0.699. The Labute approximate surface area is 110 Å². The van der Waals surface area contributed by atoms with E-state index in [-0.39, 0.29) is 17.4 Å². The van der Waals surface area contributed by atoms with Gasteiger partial charge in [0.25, 0.3) is 0 Å². The van der Waals surface area contributed by atoms with E-state index in [0.29, 0.717) is 18.8 Å². The molecule has 2 atom stereocenters. The lowest BCUT2D eigenvalue weighted by molar-refractivity contribution is -0.141. The second-order valence-corrected chi connectivity index (χ2v) is 6.15. The third kappa shape index (κ3) is 2.56. The molecule has 2 fully saturated rings. The van der Waals surface area contributed by atoms with Crippen molar-refractivity contribution in [2.24, 2.45) is 5.73 Å². The molecule has 2 heterocycles. The zero-order valence-electron chi connectivity index (χ0n) is 10.4. The van der Waals surface area contributed by atoms with Crippen molar-refractivity contribution in [2.75, 3.05) is 18.8 Å². The topological polar surface area (TPSA) is 86.9 Å². The minimum absolute atomic E-state index is 0.0748. The van der Waals surface area contributed by atoms with Crippen molar-refractivity contribution in [3.05, 3.63) is 0 Å². The van der Waals surface area contributed by atoms with Gasteiger partial charge in [0.1, 0.15) is 6.04 Å². The van der Waals surface area contributed by atoms with Crippen molar-refractivity contribution in [2.45, 2.75) is 37.2 Å². The summed E-state index contributed by atoms with van der Waals surface area (Å²) in [7, 11) is 0. The number of carboxylic acids is 1. The standard InChI is InChI=1S/C11H19N3O3S/c1-7-14(9(6-18-7)10(15)16)11(17)13-4-2-8(12)3-5-13/h7-9H,2-6,12H2,1H3,(H,15,16). The predicted octanol–water partition coefficient (Wildman–Crippen LogP) is 0.378. The average Bonchev–Trinajstić information content (AvgIpc) is 2.71. The number of carbonyl (C=O) groups is 2. The van der Waals surface area contributed by atoms with Gasteiger partial charge in [-0.2, -0.15) is 0 Å². The first-order chi connectivity index (χ1) is 8.50. The summed E-state index contributed by atoms with van der Waals surface area (Å²) in [5.74, 6) is -0.454. The number of piperidine rings is 1. The smallest absolute Gasteiger partial charge is 0.327 e. The Kier molecular flexibility index (Phi) is 4.01. The monoisotopic (exact) mass is 273 g/mol. The molecule has 6 nitrogen and oxygen atoms in total. The molecule has 18 heavy (non-hydrogen) atoms. The lowest BCUT2D eigenvalue weighted by atomic mass is 10.1. The van der Waals surface area contributed by atoms with E-state index in [2.05, 4.69) is 0 Å². The van der Waals surface area contributed by atoms with Gasteiger partial charge < -0.3 is 15.7 Å². The molecule has 0 spiro atoms. The number of urea groups is 1. The summed E-state index contributed by atoms with van der Waals surface area (Å²) < 4.78 is 0. The van der Waals surface area contributed by atoms with Crippen molar-refractivity contribution in [3.63, 3.8) is 0 Å². The van der Waals surface area contributed by atoms with Gasteiger partial charge in [-0.3, -0.25) is 4.90 Å². The van der Waals surface area contributed by atoms with E-state index in [1.807, 2.05) is 6.92 Å². The summed E-state index contributed by atoms with van der Waals surface area (Å²) in [5, 5.41) is 9.07. The van der Waals surface area contributed by atoms with Gasteiger partial charge in [-0.15, -0.1) is 11.8 Å². The van der Waals surface area contributed by atoms with Crippen molar-refractivity contribution >= 4 is 23.8 Å². The number of carbonyl (C=O) groups excluding carboxylic acids is 1. The van der Waals surface area contributed by atoms with E-state index < -0.39 is 12.0 Å². The van der Waals surface area contributed by atoms with Crippen LogP contribution in [0.1, 0.15) is 19.8 Å². The number of hydrogen-bond donors (Lipinski definition) is 2. The number of likely N-dealkylation sites (tertiary alicyclic amines) is 1. The number of rotatable bonds is 1. The lowest BCUT2D eigenvalue weighted by Gasteiger charge is -2.35. The highest BCUT2D eigenvalue weighted by molar-refractivity contribution is 8.00. The third-order valence-electron chi connectivity index (χ3n) is 3.54. The van der Waals surface area contributed by atoms with Gasteiger partial charge in [-0.05, 0) is 19.8 Å². The second-order valence-electron chi connectivity index (χ2n) is 4.80. The van der Waals surface area contributed by atoms with Crippen LogP contribution in [0.25, 0.3) is 0 Å². The molecule has 2 rings (SSSR count). The Hall–Kier alpha value is -0.950. The van der Waals surface area contributed by atoms with Crippen LogP contribution in [0.2, 0.25) is 0 Å². The van der Waals surface area contributed by atoms with E-state index in [4.69, 9.17) is 10.8 Å². The largest absolute Gasteiger partial charge is 0.480 e. The maximum Gasteiger partial charge on any atom is 0.327 e. The van der Waals surface area contributed by atoms with Gasteiger partial charge >= 0.3 is 12.0 Å². The Morgan fingerprint density at radius 1 is 1.33 bits per heavy atom. The summed E-state index contributed by atoms with van der Waals surface area (Å²) in [4.78, 5) is 26.7. The molecule has 0 aromatic rings. The zero-order chi connectivity index (χ0) is 13.3. The van der Waals surface area contributed by atoms with Gasteiger partial charge in [-0.25, -0.2) is 9.59 Å². The molecule has 2 amide bonds. The molecule has 102 valence electrons. The number of aliphatic carboxylic acids is 1. The second kappa shape index (κ2) is 5.36. The van der Waals surface area contributed by atoms with E-state index in [1.54, 1.807) is 4.90 Å². The van der Waals surface area contributed by atoms with Crippen LogP contribution in [0, 0.1) is 0 Å². The van der Waals surface area contributed by atoms with Crippen molar-refractivity contribution < 1.29 is 14.7 Å². The van der Waals surface area contributed by atoms with Crippen LogP contribution in [0.3, 0.4) is 0 Å². The molecule has 7 heteroatoms. The summed E-state index contributed by atoms with van der Waals surface area (Å²) in [6.07, 6.45) is 1.58. The van der Waals surface area contributed by atoms with Crippen LogP contribution in [0.4, 0.5) is 4.79 Å². The third-order valence-corrected chi connectivity index (χ3v) is 4.76. The number of nitrogens with zero attached hydrogens (tertiary/aromatic N) is 2. The minimum Gasteiger partial charge on any atom is -0.480 e. The first-order valence-electron chi connectivity index (χ1n) is 6.18. The molecule has 0 aromatic heterocycles. The maximum absolute atomic E-state index is 12.4. The number of nitrogens with two attached hydrogens (primary N) is 1. The van der Waals surface area contributed by atoms with E-state index >= 15 is 0 Å². The van der Waals surface area contributed by atoms with Crippen LogP contribution in [0.5, 0.6) is 0 Å². The zero-order valence-corrected chi connectivity index (χ0v) is 11.2. The molecule has 2 aliphatic rings. The van der Waals surface area contributed by atoms with E-state index in [1.165, 1.54) is 16.7 Å². The number of hydrogen-bond acceptors (Lipinski definition) is 4. The van der Waals surface area contributed by atoms with Gasteiger partial charge in [0.05, 0.1) is 5.37 Å². The molecule has 0 saturated carbocycles. The van der Waals surface area contributed by atoms with Crippen LogP contribution in [-0.4, -0.2) is 63.2 Å². The molecule has 2 saturated heterocycles. The average molecular weight is 273 g/mol. The Morgan fingerprint density at radius 2 is 1.94 bits per heavy atom. The number of amides is 2. The molecule has 3 N–H and O–H groups in total. The van der Waals surface area contributed by atoms with Crippen molar-refractivity contribution in [1.82, 2.24) is 9.80 Å². The highest BCUT2D eigenvalue weighted by Crippen LogP contribution is 2.30. The Balaban J connectivity index is 2.04. The van der Waals surface area contributed by atoms with Gasteiger partial charge in [-0.1, -0.05) is 0 Å². The van der Waals surface area contributed by atoms with Crippen LogP contribution < -0.4 is 5.73 Å². The maximum atomic E-state index is 12.4. The highest BCUT2D eigenvalue weighted by Gasteiger charge is 2.41. The molecule has 0 aliphatic carbocycles. The lowest BCUT2D eigenvalue weighted by Crippen LogP contribution is -2.53. The number of carboxylic acid groups (broad SMARTS) is 1. The molecule has 0 bridgehead atoms. The first kappa shape index (κ1) is 13.5. The van der Waals surface area contributed by atoms with Crippen LogP contribution in [-0.2, 0) is 4.79 Å². The van der Waals surface area contributed by atoms with E-state index in [9.17, 15) is 9.59 Å². The summed E-state index contributed by atoms with van der Waals surface area (Å²) in [5.41, 5.74) is 5.80. The summed E-state index contributed by atoms with van der Waals surface area (Å²) in [6.45, 7) is 3.13. The normalized spacial score (nSPS) is 29.7. The molecule has 2 aliphatic heterocycles. The quantitative estimate of drug-likeness (QED) is 0.721. The predicted molar refractivity (Wildman–Crippen MR) is 69.4 cm³/mol. The van der Waals surface area contributed by atoms with Crippen molar-refractivity contribution in [1.29, 1.82) is 0 Å². The molecular weight excluding hydrogens is 254 g/mol. The molecule has 2 unspecified atom stereocenters. The highest BCUT2D eigenvalue weighted by atomic mass is 32.2. The fraction of sp³-hybridized carbons (Fsp3) is 0.818.